The average Bonchev–Trinajstić information content (AvgIpc) is 3.20. The summed E-state index contributed by atoms with van der Waals surface area (Å²) in [6.07, 6.45) is 7.58. The number of aromatic nitrogens is 5. The fourth-order valence-corrected chi connectivity index (χ4v) is 3.55. The van der Waals surface area contributed by atoms with Crippen molar-refractivity contribution in [3.8, 4) is 22.5 Å². The van der Waals surface area contributed by atoms with E-state index in [4.69, 9.17) is 4.98 Å². The molecule has 0 amide bonds. The number of pyridine rings is 1. The second-order valence-electron chi connectivity index (χ2n) is 7.54. The first-order chi connectivity index (χ1) is 14.7. The number of nitrogens with zero attached hydrogens (tertiary/aromatic N) is 4. The molecule has 0 atom stereocenters. The number of aromatic amines is 1. The summed E-state index contributed by atoms with van der Waals surface area (Å²) < 4.78 is 2.06. The number of fused-ring (bicyclic) bond motifs is 1. The Kier molecular flexibility index (Phi) is 4.56. The van der Waals surface area contributed by atoms with Crippen LogP contribution in [0.2, 0.25) is 0 Å². The first-order valence-corrected chi connectivity index (χ1v) is 9.98. The standard InChI is InChI=1S/C25H21N5/c1-17-4-5-21(14-18(17)2)19-6-8-20(9-7-19)25-28-22-10-13-30(15-23(22)29-25)16-24-26-11-3-12-27-24/h3-15H,16H2,1-2H3/p+1. The molecular weight excluding hydrogens is 370 g/mol. The third-order valence-electron chi connectivity index (χ3n) is 5.42. The van der Waals surface area contributed by atoms with E-state index >= 15 is 0 Å². The highest BCUT2D eigenvalue weighted by atomic mass is 15.0. The van der Waals surface area contributed by atoms with Crippen LogP contribution in [-0.2, 0) is 6.54 Å². The quantitative estimate of drug-likeness (QED) is 0.453. The summed E-state index contributed by atoms with van der Waals surface area (Å²) in [7, 11) is 0. The van der Waals surface area contributed by atoms with Crippen molar-refractivity contribution in [2.45, 2.75) is 20.4 Å². The Balaban J connectivity index is 1.42. The SMILES string of the molecule is Cc1ccc(-c2ccc(-c3nc4cc[n+](Cc5ncccn5)cc4[nH]3)cc2)cc1C. The zero-order valence-corrected chi connectivity index (χ0v) is 17.0. The molecule has 0 aliphatic rings. The predicted octanol–water partition coefficient (Wildman–Crippen LogP) is 4.64. The van der Waals surface area contributed by atoms with Crippen LogP contribution in [0.15, 0.2) is 79.4 Å². The lowest BCUT2D eigenvalue weighted by Gasteiger charge is -2.06. The van der Waals surface area contributed by atoms with Crippen molar-refractivity contribution in [1.29, 1.82) is 0 Å². The van der Waals surface area contributed by atoms with Crippen molar-refractivity contribution in [1.82, 2.24) is 19.9 Å². The highest BCUT2D eigenvalue weighted by molar-refractivity contribution is 5.78. The molecule has 0 unspecified atom stereocenters. The van der Waals surface area contributed by atoms with Gasteiger partial charge < -0.3 is 4.98 Å². The lowest BCUT2D eigenvalue weighted by atomic mass is 9.99. The normalized spacial score (nSPS) is 11.1. The molecule has 5 rings (SSSR count). The summed E-state index contributed by atoms with van der Waals surface area (Å²) in [5, 5.41) is 0. The Morgan fingerprint density at radius 1 is 0.833 bits per heavy atom. The molecule has 0 saturated carbocycles. The molecule has 0 bridgehead atoms. The maximum atomic E-state index is 4.76. The molecule has 30 heavy (non-hydrogen) atoms. The van der Waals surface area contributed by atoms with Crippen molar-refractivity contribution in [2.75, 3.05) is 0 Å². The topological polar surface area (TPSA) is 58.3 Å². The van der Waals surface area contributed by atoms with Gasteiger partial charge in [-0.3, -0.25) is 0 Å². The van der Waals surface area contributed by atoms with Crippen molar-refractivity contribution < 1.29 is 4.57 Å². The lowest BCUT2D eigenvalue weighted by Crippen LogP contribution is -2.34. The van der Waals surface area contributed by atoms with E-state index in [2.05, 4.69) is 75.8 Å². The van der Waals surface area contributed by atoms with Gasteiger partial charge in [-0.1, -0.05) is 42.5 Å². The number of hydrogen-bond donors (Lipinski definition) is 1. The Hall–Kier alpha value is -3.86. The highest BCUT2D eigenvalue weighted by Crippen LogP contribution is 2.26. The number of benzene rings is 2. The average molecular weight is 392 g/mol. The summed E-state index contributed by atoms with van der Waals surface area (Å²) in [5.74, 6) is 1.65. The molecular formula is C25H22N5+. The molecule has 3 heterocycles. The van der Waals surface area contributed by atoms with Gasteiger partial charge in [-0.05, 0) is 42.2 Å². The smallest absolute Gasteiger partial charge is 0.207 e. The number of rotatable bonds is 4. The van der Waals surface area contributed by atoms with Crippen LogP contribution in [0.3, 0.4) is 0 Å². The van der Waals surface area contributed by atoms with E-state index in [1.807, 2.05) is 24.5 Å². The minimum atomic E-state index is 0.621. The maximum absolute atomic E-state index is 4.76. The van der Waals surface area contributed by atoms with Gasteiger partial charge >= 0.3 is 0 Å². The molecule has 0 saturated heterocycles. The first-order valence-electron chi connectivity index (χ1n) is 9.98. The summed E-state index contributed by atoms with van der Waals surface area (Å²) >= 11 is 0. The Morgan fingerprint density at radius 3 is 2.33 bits per heavy atom. The van der Waals surface area contributed by atoms with Gasteiger partial charge in [0.25, 0.3) is 0 Å². The first kappa shape index (κ1) is 18.2. The molecule has 5 aromatic rings. The van der Waals surface area contributed by atoms with Crippen molar-refractivity contribution in [3.63, 3.8) is 0 Å². The highest BCUT2D eigenvalue weighted by Gasteiger charge is 2.11. The number of nitrogens with one attached hydrogen (secondary N) is 1. The Morgan fingerprint density at radius 2 is 1.57 bits per heavy atom. The number of H-pyrrole nitrogens is 1. The summed E-state index contributed by atoms with van der Waals surface area (Å²) in [4.78, 5) is 16.8. The van der Waals surface area contributed by atoms with E-state index in [1.54, 1.807) is 12.4 Å². The monoisotopic (exact) mass is 392 g/mol. The van der Waals surface area contributed by atoms with E-state index in [-0.39, 0.29) is 0 Å². The number of aryl methyl sites for hydroxylation is 2. The van der Waals surface area contributed by atoms with Crippen LogP contribution < -0.4 is 4.57 Å². The molecule has 2 aromatic carbocycles. The molecule has 0 aliphatic heterocycles. The number of imidazole rings is 1. The van der Waals surface area contributed by atoms with Crippen LogP contribution in [0.1, 0.15) is 17.0 Å². The summed E-state index contributed by atoms with van der Waals surface area (Å²) in [6.45, 7) is 4.91. The van der Waals surface area contributed by atoms with Gasteiger partial charge in [0.05, 0.1) is 0 Å². The molecule has 3 aromatic heterocycles. The molecule has 5 heteroatoms. The Labute approximate surface area is 175 Å². The summed E-state index contributed by atoms with van der Waals surface area (Å²) in [5.41, 5.74) is 8.06. The Bertz CT molecular complexity index is 1320. The van der Waals surface area contributed by atoms with Gasteiger partial charge in [0.1, 0.15) is 16.9 Å². The van der Waals surface area contributed by atoms with Crippen molar-refractivity contribution in [3.05, 3.63) is 96.3 Å². The van der Waals surface area contributed by atoms with Crippen LogP contribution in [0.5, 0.6) is 0 Å². The van der Waals surface area contributed by atoms with Crippen molar-refractivity contribution in [2.24, 2.45) is 0 Å². The van der Waals surface area contributed by atoms with Crippen LogP contribution in [-0.4, -0.2) is 19.9 Å². The van der Waals surface area contributed by atoms with Crippen LogP contribution in [0.25, 0.3) is 33.5 Å². The van der Waals surface area contributed by atoms with Gasteiger partial charge in [-0.15, -0.1) is 0 Å². The second-order valence-corrected chi connectivity index (χ2v) is 7.54. The van der Waals surface area contributed by atoms with E-state index in [0.717, 1.165) is 28.2 Å². The third kappa shape index (κ3) is 3.57. The maximum Gasteiger partial charge on any atom is 0.207 e. The molecule has 1 N–H and O–H groups in total. The third-order valence-corrected chi connectivity index (χ3v) is 5.42. The van der Waals surface area contributed by atoms with Gasteiger partial charge in [-0.2, -0.15) is 4.57 Å². The van der Waals surface area contributed by atoms with Crippen LogP contribution in [0.4, 0.5) is 0 Å². The largest absolute Gasteiger partial charge is 0.333 e. The van der Waals surface area contributed by atoms with Crippen LogP contribution >= 0.6 is 0 Å². The zero-order valence-electron chi connectivity index (χ0n) is 17.0. The zero-order chi connectivity index (χ0) is 20.5. The fourth-order valence-electron chi connectivity index (χ4n) is 3.55. The molecule has 0 spiro atoms. The van der Waals surface area contributed by atoms with Crippen molar-refractivity contribution >= 4 is 11.0 Å². The number of hydrogen-bond acceptors (Lipinski definition) is 3. The van der Waals surface area contributed by atoms with Crippen LogP contribution in [0, 0.1) is 13.8 Å². The molecule has 0 fully saturated rings. The molecule has 0 aliphatic carbocycles. The van der Waals surface area contributed by atoms with E-state index in [0.29, 0.717) is 6.54 Å². The summed E-state index contributed by atoms with van der Waals surface area (Å²) in [6, 6.07) is 19.0. The van der Waals surface area contributed by atoms with Gasteiger partial charge in [0.2, 0.25) is 6.54 Å². The van der Waals surface area contributed by atoms with E-state index < -0.39 is 0 Å². The fraction of sp³-hybridized carbons (Fsp3) is 0.120. The van der Waals surface area contributed by atoms with Gasteiger partial charge in [0, 0.05) is 24.0 Å². The van der Waals surface area contributed by atoms with E-state index in [9.17, 15) is 0 Å². The van der Waals surface area contributed by atoms with E-state index in [1.165, 1.54) is 22.3 Å². The molecule has 146 valence electrons. The predicted molar refractivity (Wildman–Crippen MR) is 118 cm³/mol. The molecule has 5 nitrogen and oxygen atoms in total. The second kappa shape index (κ2) is 7.52. The van der Waals surface area contributed by atoms with Gasteiger partial charge in [-0.25, -0.2) is 15.0 Å². The minimum absolute atomic E-state index is 0.621. The van der Waals surface area contributed by atoms with Gasteiger partial charge in [0.15, 0.2) is 18.2 Å². The lowest BCUT2D eigenvalue weighted by molar-refractivity contribution is -0.688. The minimum Gasteiger partial charge on any atom is -0.333 e. The molecule has 0 radical (unpaired) electrons.